The summed E-state index contributed by atoms with van der Waals surface area (Å²) in [5.74, 6) is 0. The van der Waals surface area contributed by atoms with Crippen molar-refractivity contribution in [1.29, 1.82) is 0 Å². The van der Waals surface area contributed by atoms with Crippen LogP contribution in [0.4, 0.5) is 0 Å². The Hall–Kier alpha value is -5.72. The molecule has 0 fully saturated rings. The van der Waals surface area contributed by atoms with E-state index in [2.05, 4.69) is 6.07 Å². The minimum absolute atomic E-state index is 0.202. The van der Waals surface area contributed by atoms with E-state index in [1.165, 1.54) is 0 Å². The Labute approximate surface area is 267 Å². The SMILES string of the molecule is [2H]c1c([2H])c([2H])c2c(-c3c4ccccc4cc4c3ccc3ccccc34)c3c([2H])c([2H])c([2H])c([2H])c3c(-c3ccc(-c4ccccc4)cc3)c2c1[2H]. The maximum Gasteiger partial charge on any atom is 0.0629 e. The highest BCUT2D eigenvalue weighted by Gasteiger charge is 2.20. The van der Waals surface area contributed by atoms with Crippen LogP contribution in [-0.2, 0) is 0 Å². The summed E-state index contributed by atoms with van der Waals surface area (Å²) < 4.78 is 73.2. The van der Waals surface area contributed by atoms with Gasteiger partial charge in [-0.1, -0.05) is 164 Å². The molecule has 0 saturated heterocycles. The van der Waals surface area contributed by atoms with E-state index in [4.69, 9.17) is 5.48 Å². The average molecular weight is 565 g/mol. The molecule has 0 heterocycles. The molecule has 0 saturated carbocycles. The van der Waals surface area contributed by atoms with Gasteiger partial charge in [0, 0.05) is 0 Å². The van der Waals surface area contributed by atoms with Crippen LogP contribution in [0.5, 0.6) is 0 Å². The lowest BCUT2D eigenvalue weighted by atomic mass is 9.82. The maximum atomic E-state index is 9.48. The zero-order chi connectivity index (χ0) is 36.0. The summed E-state index contributed by atoms with van der Waals surface area (Å²) in [6.45, 7) is 0. The van der Waals surface area contributed by atoms with Gasteiger partial charge in [-0.3, -0.25) is 0 Å². The zero-order valence-electron chi connectivity index (χ0n) is 31.5. The molecule has 0 bridgehead atoms. The fourth-order valence-electron chi connectivity index (χ4n) is 6.71. The van der Waals surface area contributed by atoms with Crippen LogP contribution in [0.25, 0.3) is 87.2 Å². The van der Waals surface area contributed by atoms with Crippen LogP contribution in [0.3, 0.4) is 0 Å². The van der Waals surface area contributed by atoms with Gasteiger partial charge in [-0.05, 0) is 93.3 Å². The van der Waals surface area contributed by atoms with Crippen molar-refractivity contribution in [1.82, 2.24) is 0 Å². The Kier molecular flexibility index (Phi) is 4.08. The fourth-order valence-corrected chi connectivity index (χ4v) is 6.71. The first-order valence-corrected chi connectivity index (χ1v) is 14.6. The maximum absolute atomic E-state index is 9.48. The normalized spacial score (nSPS) is 14.2. The minimum atomic E-state index is -0.417. The third kappa shape index (κ3) is 3.78. The van der Waals surface area contributed by atoms with Crippen molar-refractivity contribution in [2.45, 2.75) is 0 Å². The molecule has 0 aliphatic heterocycles. The number of rotatable bonds is 3. The van der Waals surface area contributed by atoms with Crippen LogP contribution < -0.4 is 0 Å². The summed E-state index contributed by atoms with van der Waals surface area (Å²) in [5.41, 5.74) is 3.85. The van der Waals surface area contributed by atoms with Crippen molar-refractivity contribution in [3.63, 3.8) is 0 Å². The molecule has 0 atom stereocenters. The van der Waals surface area contributed by atoms with E-state index < -0.39 is 24.2 Å². The molecule has 0 nitrogen and oxygen atoms in total. The highest BCUT2D eigenvalue weighted by atomic mass is 14.2. The molecular formula is C44H28. The van der Waals surface area contributed by atoms with Crippen LogP contribution >= 0.6 is 0 Å². The van der Waals surface area contributed by atoms with Crippen molar-refractivity contribution in [2.75, 3.05) is 0 Å². The Balaban J connectivity index is 1.57. The number of hydrogen-bond donors (Lipinski definition) is 0. The molecule has 9 aromatic carbocycles. The van der Waals surface area contributed by atoms with Crippen molar-refractivity contribution in [2.24, 2.45) is 0 Å². The monoisotopic (exact) mass is 564 g/mol. The van der Waals surface area contributed by atoms with E-state index in [0.717, 1.165) is 43.4 Å². The second kappa shape index (κ2) is 9.93. The van der Waals surface area contributed by atoms with Gasteiger partial charge in [0.15, 0.2) is 0 Å². The molecule has 9 rings (SSSR count). The van der Waals surface area contributed by atoms with Crippen molar-refractivity contribution < 1.29 is 11.0 Å². The largest absolute Gasteiger partial charge is 0.0629 e. The van der Waals surface area contributed by atoms with E-state index in [-0.39, 0.29) is 45.7 Å². The predicted molar refractivity (Wildman–Crippen MR) is 190 cm³/mol. The molecule has 0 amide bonds. The standard InChI is InChI=1S/C44H28/c1-2-12-29(13-3-1)30-22-24-32(25-23-30)42-36-18-8-10-20-38(36)44(39-21-11-9-19-37(39)42)43-35-17-7-5-15-33(35)28-41-34-16-6-4-14-31(34)26-27-40(41)43/h1-28H/i8D,9D,10D,11D,18D,19D,20D,21D. The summed E-state index contributed by atoms with van der Waals surface area (Å²) >= 11 is 0. The molecule has 0 spiro atoms. The molecule has 0 aliphatic rings. The van der Waals surface area contributed by atoms with Gasteiger partial charge in [0.1, 0.15) is 0 Å². The summed E-state index contributed by atoms with van der Waals surface area (Å²) in [5, 5.41) is 6.27. The topological polar surface area (TPSA) is 0 Å². The molecule has 204 valence electrons. The second-order valence-electron chi connectivity index (χ2n) is 11.0. The summed E-state index contributed by atoms with van der Waals surface area (Å²) in [4.78, 5) is 0. The highest BCUT2D eigenvalue weighted by molar-refractivity contribution is 6.29. The third-order valence-electron chi connectivity index (χ3n) is 8.68. The fraction of sp³-hybridized carbons (Fsp3) is 0. The van der Waals surface area contributed by atoms with Gasteiger partial charge >= 0.3 is 0 Å². The van der Waals surface area contributed by atoms with E-state index in [1.54, 1.807) is 0 Å². The summed E-state index contributed by atoms with van der Waals surface area (Å²) in [6, 6.07) is 36.7. The Morgan fingerprint density at radius 1 is 0.295 bits per heavy atom. The van der Waals surface area contributed by atoms with Gasteiger partial charge in [-0.15, -0.1) is 0 Å². The summed E-state index contributed by atoms with van der Waals surface area (Å²) in [7, 11) is 0. The van der Waals surface area contributed by atoms with Crippen LogP contribution in [0.2, 0.25) is 0 Å². The number of hydrogen-bond acceptors (Lipinski definition) is 0. The van der Waals surface area contributed by atoms with Crippen LogP contribution in [0.15, 0.2) is 170 Å². The lowest BCUT2D eigenvalue weighted by molar-refractivity contribution is 1.61. The van der Waals surface area contributed by atoms with Crippen LogP contribution in [-0.4, -0.2) is 0 Å². The molecule has 0 aliphatic carbocycles. The predicted octanol–water partition coefficient (Wildman–Crippen LogP) is 12.5. The second-order valence-corrected chi connectivity index (χ2v) is 11.0. The van der Waals surface area contributed by atoms with Gasteiger partial charge in [-0.2, -0.15) is 0 Å². The van der Waals surface area contributed by atoms with E-state index in [1.807, 2.05) is 115 Å². The van der Waals surface area contributed by atoms with E-state index >= 15 is 0 Å². The Morgan fingerprint density at radius 2 is 0.795 bits per heavy atom. The van der Waals surface area contributed by atoms with Crippen molar-refractivity contribution >= 4 is 53.9 Å². The number of benzene rings is 9. The van der Waals surface area contributed by atoms with Gasteiger partial charge in [0.05, 0.1) is 11.0 Å². The minimum Gasteiger partial charge on any atom is -0.0622 e. The number of fused-ring (bicyclic) bond motifs is 6. The Morgan fingerprint density at radius 3 is 1.48 bits per heavy atom. The molecule has 0 radical (unpaired) electrons. The van der Waals surface area contributed by atoms with Crippen molar-refractivity contribution in [3.8, 4) is 33.4 Å². The highest BCUT2D eigenvalue weighted by Crippen LogP contribution is 2.48. The molecular weight excluding hydrogens is 528 g/mol. The zero-order valence-corrected chi connectivity index (χ0v) is 23.5. The first-order valence-electron chi connectivity index (χ1n) is 18.6. The van der Waals surface area contributed by atoms with E-state index in [9.17, 15) is 5.48 Å². The first-order chi connectivity index (χ1) is 25.2. The lowest BCUT2D eigenvalue weighted by Crippen LogP contribution is -1.93. The van der Waals surface area contributed by atoms with Crippen LogP contribution in [0.1, 0.15) is 11.0 Å². The summed E-state index contributed by atoms with van der Waals surface area (Å²) in [6.07, 6.45) is 0. The smallest absolute Gasteiger partial charge is 0.0622 e. The first kappa shape index (κ1) is 18.1. The molecule has 0 heteroatoms. The third-order valence-corrected chi connectivity index (χ3v) is 8.68. The lowest BCUT2D eigenvalue weighted by Gasteiger charge is -2.21. The molecule has 0 aromatic heterocycles. The Bertz CT molecular complexity index is 2890. The van der Waals surface area contributed by atoms with Gasteiger partial charge in [0.25, 0.3) is 0 Å². The van der Waals surface area contributed by atoms with Gasteiger partial charge in [0.2, 0.25) is 0 Å². The molecule has 9 aromatic rings. The molecule has 44 heavy (non-hydrogen) atoms. The average Bonchev–Trinajstić information content (AvgIpc) is 3.19. The van der Waals surface area contributed by atoms with Crippen molar-refractivity contribution in [3.05, 3.63) is 170 Å². The van der Waals surface area contributed by atoms with Crippen LogP contribution in [0, 0.1) is 0 Å². The van der Waals surface area contributed by atoms with E-state index in [0.29, 0.717) is 22.3 Å². The van der Waals surface area contributed by atoms with Gasteiger partial charge < -0.3 is 0 Å². The molecule has 0 N–H and O–H groups in total. The molecule has 0 unspecified atom stereocenters. The van der Waals surface area contributed by atoms with Gasteiger partial charge in [-0.25, -0.2) is 0 Å². The quantitative estimate of drug-likeness (QED) is 0.148.